The maximum absolute atomic E-state index is 12.3. The molecule has 6 nitrogen and oxygen atoms in total. The molecular weight excluding hydrogens is 354 g/mol. The number of ether oxygens (including phenoxy) is 1. The van der Waals surface area contributed by atoms with E-state index in [-0.39, 0.29) is 11.5 Å². The molecule has 0 radical (unpaired) electrons. The summed E-state index contributed by atoms with van der Waals surface area (Å²) in [6, 6.07) is 8.20. The van der Waals surface area contributed by atoms with E-state index in [1.54, 1.807) is 0 Å². The first-order valence-corrected chi connectivity index (χ1v) is 10.3. The first-order chi connectivity index (χ1) is 13.4. The molecule has 0 saturated heterocycles. The van der Waals surface area contributed by atoms with E-state index in [1.165, 1.54) is 5.69 Å². The fraction of sp³-hybridized carbons (Fsp3) is 0.591. The van der Waals surface area contributed by atoms with E-state index in [0.29, 0.717) is 6.54 Å². The van der Waals surface area contributed by atoms with Crippen LogP contribution in [0.25, 0.3) is 10.9 Å². The molecule has 1 unspecified atom stereocenters. The molecule has 6 heteroatoms. The van der Waals surface area contributed by atoms with Gasteiger partial charge >= 0.3 is 0 Å². The van der Waals surface area contributed by atoms with Crippen LogP contribution < -0.4 is 10.6 Å². The van der Waals surface area contributed by atoms with Gasteiger partial charge in [0.15, 0.2) is 0 Å². The Labute approximate surface area is 167 Å². The van der Waals surface area contributed by atoms with E-state index < -0.39 is 6.41 Å². The molecule has 1 aromatic carbocycles. The number of amides is 1. The van der Waals surface area contributed by atoms with Crippen molar-refractivity contribution in [2.45, 2.75) is 71.4 Å². The highest BCUT2D eigenvalue weighted by Gasteiger charge is 2.25. The number of aliphatic hydroxyl groups excluding tert-OH is 1. The number of rotatable bonds is 9. The van der Waals surface area contributed by atoms with Crippen LogP contribution in [0.3, 0.4) is 0 Å². The number of para-hydroxylation sites is 1. The number of carbonyl (C=O) groups excluding carboxylic acids is 1. The van der Waals surface area contributed by atoms with E-state index in [1.807, 2.05) is 39.0 Å². The van der Waals surface area contributed by atoms with E-state index in [9.17, 15) is 9.90 Å². The molecule has 154 valence electrons. The number of nitrogens with one attached hydrogen (secondary N) is 2. The van der Waals surface area contributed by atoms with Crippen LogP contribution in [0.15, 0.2) is 24.3 Å². The summed E-state index contributed by atoms with van der Waals surface area (Å²) < 4.78 is 7.76. The first-order valence-electron chi connectivity index (χ1n) is 10.3. The average Bonchev–Trinajstić information content (AvgIpc) is 2.94. The summed E-state index contributed by atoms with van der Waals surface area (Å²) >= 11 is 0. The summed E-state index contributed by atoms with van der Waals surface area (Å²) in [5, 5.41) is 16.8. The number of aliphatic hydroxyl groups is 1. The van der Waals surface area contributed by atoms with Gasteiger partial charge in [-0.05, 0) is 46.2 Å². The Morgan fingerprint density at radius 3 is 2.75 bits per heavy atom. The van der Waals surface area contributed by atoms with Crippen molar-refractivity contribution in [1.82, 2.24) is 15.2 Å². The van der Waals surface area contributed by atoms with Crippen LogP contribution in [-0.2, 0) is 17.7 Å². The van der Waals surface area contributed by atoms with Gasteiger partial charge in [0.05, 0.1) is 11.2 Å². The van der Waals surface area contributed by atoms with Gasteiger partial charge in [0.25, 0.3) is 5.91 Å². The largest absolute Gasteiger partial charge is 0.356 e. The lowest BCUT2D eigenvalue weighted by molar-refractivity contribution is -0.181. The number of hydrogen-bond acceptors (Lipinski definition) is 4. The van der Waals surface area contributed by atoms with Gasteiger partial charge in [-0.2, -0.15) is 0 Å². The summed E-state index contributed by atoms with van der Waals surface area (Å²) in [7, 11) is 0. The van der Waals surface area contributed by atoms with Gasteiger partial charge in [-0.3, -0.25) is 10.1 Å². The quantitative estimate of drug-likeness (QED) is 0.456. The number of fused-ring (bicyclic) bond motifs is 3. The summed E-state index contributed by atoms with van der Waals surface area (Å²) in [5.74, 6) is 0.0540. The molecule has 1 atom stereocenters. The molecular formula is C22H33N3O3. The lowest BCUT2D eigenvalue weighted by Crippen LogP contribution is -2.38. The van der Waals surface area contributed by atoms with Crippen LogP contribution in [-0.4, -0.2) is 40.7 Å². The number of benzene rings is 1. The molecule has 0 saturated carbocycles. The van der Waals surface area contributed by atoms with Crippen LogP contribution in [0.5, 0.6) is 0 Å². The third kappa shape index (κ3) is 5.13. The molecule has 1 aromatic heterocycles. The Morgan fingerprint density at radius 2 is 1.96 bits per heavy atom. The second kappa shape index (κ2) is 9.07. The van der Waals surface area contributed by atoms with Crippen LogP contribution in [0.2, 0.25) is 0 Å². The van der Waals surface area contributed by atoms with E-state index in [0.717, 1.165) is 61.7 Å². The number of nitrogens with zero attached hydrogens (tertiary/aromatic N) is 1. The third-order valence-electron chi connectivity index (χ3n) is 5.05. The monoisotopic (exact) mass is 387 g/mol. The molecule has 1 aliphatic heterocycles. The van der Waals surface area contributed by atoms with Crippen molar-refractivity contribution >= 4 is 16.8 Å². The molecule has 3 N–H and O–H groups in total. The minimum atomic E-state index is -0.913. The highest BCUT2D eigenvalue weighted by atomic mass is 16.6. The van der Waals surface area contributed by atoms with Gasteiger partial charge in [0.1, 0.15) is 0 Å². The van der Waals surface area contributed by atoms with Crippen molar-refractivity contribution in [3.8, 4) is 0 Å². The number of hydrogen-bond donors (Lipinski definition) is 3. The lowest BCUT2D eigenvalue weighted by Gasteiger charge is -2.24. The molecule has 1 aliphatic rings. The molecule has 3 rings (SSSR count). The van der Waals surface area contributed by atoms with Gasteiger partial charge in [-0.25, -0.2) is 0 Å². The fourth-order valence-corrected chi connectivity index (χ4v) is 3.86. The maximum Gasteiger partial charge on any atom is 0.253 e. The van der Waals surface area contributed by atoms with E-state index in [4.69, 9.17) is 4.74 Å². The minimum Gasteiger partial charge on any atom is -0.356 e. The summed E-state index contributed by atoms with van der Waals surface area (Å²) in [6.45, 7) is 8.15. The standard InChI is InChI=1S/C22H33N3O3/c1-22(2,3)28-21(27)24-13-8-4-5-9-15-25-17-11-7-6-10-16(17)19-18(25)12-14-23-20(19)26/h6-7,10-11,21,24,27H,4-5,8-9,12-15H2,1-3H3,(H,23,26). The Balaban J connectivity index is 1.47. The molecule has 0 spiro atoms. The van der Waals surface area contributed by atoms with Crippen LogP contribution in [0.1, 0.15) is 62.5 Å². The number of unbranched alkanes of at least 4 members (excludes halogenated alkanes) is 3. The first kappa shape index (κ1) is 20.8. The van der Waals surface area contributed by atoms with Crippen LogP contribution in [0.4, 0.5) is 0 Å². The minimum absolute atomic E-state index is 0.0540. The van der Waals surface area contributed by atoms with Crippen molar-refractivity contribution in [2.24, 2.45) is 0 Å². The fourth-order valence-electron chi connectivity index (χ4n) is 3.86. The highest BCUT2D eigenvalue weighted by molar-refractivity contribution is 6.09. The summed E-state index contributed by atoms with van der Waals surface area (Å²) in [6.07, 6.45) is 4.27. The van der Waals surface area contributed by atoms with E-state index in [2.05, 4.69) is 21.3 Å². The molecule has 28 heavy (non-hydrogen) atoms. The summed E-state index contributed by atoms with van der Waals surface area (Å²) in [4.78, 5) is 12.3. The Morgan fingerprint density at radius 1 is 1.21 bits per heavy atom. The highest BCUT2D eigenvalue weighted by Crippen LogP contribution is 2.29. The summed E-state index contributed by atoms with van der Waals surface area (Å²) in [5.41, 5.74) is 2.84. The molecule has 2 aromatic rings. The molecule has 0 fully saturated rings. The van der Waals surface area contributed by atoms with Gasteiger partial charge in [0, 0.05) is 36.1 Å². The molecule has 2 heterocycles. The van der Waals surface area contributed by atoms with Gasteiger partial charge in [0.2, 0.25) is 6.41 Å². The number of aromatic nitrogens is 1. The maximum atomic E-state index is 12.3. The second-order valence-electron chi connectivity index (χ2n) is 8.45. The Bertz CT molecular complexity index is 807. The Kier molecular flexibility index (Phi) is 6.75. The van der Waals surface area contributed by atoms with Crippen molar-refractivity contribution in [1.29, 1.82) is 0 Å². The normalized spacial score (nSPS) is 15.5. The van der Waals surface area contributed by atoms with Gasteiger partial charge < -0.3 is 19.7 Å². The predicted molar refractivity (Wildman–Crippen MR) is 111 cm³/mol. The lowest BCUT2D eigenvalue weighted by atomic mass is 10.1. The number of carbonyl (C=O) groups is 1. The SMILES string of the molecule is CC(C)(C)OC(O)NCCCCCCn1c2c(c3ccccc31)C(=O)NCC2. The molecule has 1 amide bonds. The second-order valence-corrected chi connectivity index (χ2v) is 8.45. The molecule has 0 aliphatic carbocycles. The van der Waals surface area contributed by atoms with Crippen molar-refractivity contribution in [3.63, 3.8) is 0 Å². The number of aryl methyl sites for hydroxylation is 1. The van der Waals surface area contributed by atoms with Crippen LogP contribution in [0, 0.1) is 0 Å². The van der Waals surface area contributed by atoms with Crippen LogP contribution >= 0.6 is 0 Å². The topological polar surface area (TPSA) is 75.5 Å². The zero-order valence-corrected chi connectivity index (χ0v) is 17.3. The third-order valence-corrected chi connectivity index (χ3v) is 5.05. The van der Waals surface area contributed by atoms with Crippen molar-refractivity contribution < 1.29 is 14.6 Å². The average molecular weight is 388 g/mol. The molecule has 0 bridgehead atoms. The smallest absolute Gasteiger partial charge is 0.253 e. The van der Waals surface area contributed by atoms with Gasteiger partial charge in [-0.15, -0.1) is 0 Å². The Hall–Kier alpha value is -1.89. The van der Waals surface area contributed by atoms with Gasteiger partial charge in [-0.1, -0.05) is 31.0 Å². The zero-order chi connectivity index (χ0) is 20.1. The van der Waals surface area contributed by atoms with Crippen molar-refractivity contribution in [3.05, 3.63) is 35.5 Å². The van der Waals surface area contributed by atoms with Crippen molar-refractivity contribution in [2.75, 3.05) is 13.1 Å². The predicted octanol–water partition coefficient (Wildman–Crippen LogP) is 3.17. The zero-order valence-electron chi connectivity index (χ0n) is 17.3. The van der Waals surface area contributed by atoms with E-state index >= 15 is 0 Å².